The van der Waals surface area contributed by atoms with Gasteiger partial charge in [-0.3, -0.25) is 9.89 Å². The number of benzene rings is 2. The summed E-state index contributed by atoms with van der Waals surface area (Å²) in [5.74, 6) is -0.329. The number of carbonyl (C=O) groups excluding carboxylic acids is 1. The van der Waals surface area contributed by atoms with Crippen LogP contribution >= 0.6 is 0 Å². The molecular formula is C23H26N4O. The van der Waals surface area contributed by atoms with Gasteiger partial charge < -0.3 is 0 Å². The fourth-order valence-corrected chi connectivity index (χ4v) is 2.78. The summed E-state index contributed by atoms with van der Waals surface area (Å²) in [5.41, 5.74) is 9.31. The van der Waals surface area contributed by atoms with Crippen LogP contribution in [0.2, 0.25) is 0 Å². The van der Waals surface area contributed by atoms with Crippen molar-refractivity contribution in [1.82, 2.24) is 15.6 Å². The third kappa shape index (κ3) is 4.55. The predicted molar refractivity (Wildman–Crippen MR) is 114 cm³/mol. The second-order valence-electron chi connectivity index (χ2n) is 8.04. The molecule has 1 aromatic heterocycles. The Bertz CT molecular complexity index is 1010. The molecule has 2 aromatic carbocycles. The van der Waals surface area contributed by atoms with E-state index < -0.39 is 0 Å². The zero-order valence-electron chi connectivity index (χ0n) is 17.0. The standard InChI is InChI=1S/C23H26N4O/c1-15-6-9-18(12-16(15)2)20-13-21(26-25-20)22(28)27-24-14-17-7-10-19(11-8-17)23(3,4)5/h6-14H,1-5H3,(H,25,26)(H,27,28)/b24-14-. The Labute approximate surface area is 165 Å². The maximum atomic E-state index is 12.3. The summed E-state index contributed by atoms with van der Waals surface area (Å²) in [6.07, 6.45) is 1.63. The summed E-state index contributed by atoms with van der Waals surface area (Å²) in [4.78, 5) is 12.3. The van der Waals surface area contributed by atoms with Crippen molar-refractivity contribution in [3.05, 3.63) is 76.5 Å². The number of amides is 1. The van der Waals surface area contributed by atoms with Gasteiger partial charge in [0.05, 0.1) is 11.9 Å². The largest absolute Gasteiger partial charge is 0.289 e. The molecule has 0 saturated carbocycles. The predicted octanol–water partition coefficient (Wildman–Crippen LogP) is 4.75. The average Bonchev–Trinajstić information content (AvgIpc) is 3.14. The van der Waals surface area contributed by atoms with Gasteiger partial charge in [0.1, 0.15) is 5.69 Å². The van der Waals surface area contributed by atoms with Crippen molar-refractivity contribution in [2.24, 2.45) is 5.10 Å². The van der Waals surface area contributed by atoms with Crippen molar-refractivity contribution in [3.63, 3.8) is 0 Å². The molecule has 144 valence electrons. The highest BCUT2D eigenvalue weighted by atomic mass is 16.2. The third-order valence-corrected chi connectivity index (χ3v) is 4.78. The van der Waals surface area contributed by atoms with E-state index in [1.54, 1.807) is 12.3 Å². The smallest absolute Gasteiger partial charge is 0.272 e. The topological polar surface area (TPSA) is 70.1 Å². The summed E-state index contributed by atoms with van der Waals surface area (Å²) < 4.78 is 0. The van der Waals surface area contributed by atoms with Crippen LogP contribution in [-0.4, -0.2) is 22.3 Å². The van der Waals surface area contributed by atoms with Gasteiger partial charge in [-0.15, -0.1) is 0 Å². The van der Waals surface area contributed by atoms with E-state index in [0.29, 0.717) is 5.69 Å². The number of hydrogen-bond acceptors (Lipinski definition) is 3. The van der Waals surface area contributed by atoms with Crippen molar-refractivity contribution in [1.29, 1.82) is 0 Å². The quantitative estimate of drug-likeness (QED) is 0.511. The molecule has 0 unspecified atom stereocenters. The Morgan fingerprint density at radius 2 is 1.75 bits per heavy atom. The molecule has 5 nitrogen and oxygen atoms in total. The maximum Gasteiger partial charge on any atom is 0.289 e. The fraction of sp³-hybridized carbons (Fsp3) is 0.261. The van der Waals surface area contributed by atoms with E-state index in [0.717, 1.165) is 16.8 Å². The molecule has 1 amide bonds. The lowest BCUT2D eigenvalue weighted by Crippen LogP contribution is -2.18. The molecule has 2 N–H and O–H groups in total. The van der Waals surface area contributed by atoms with E-state index in [2.05, 4.69) is 73.5 Å². The van der Waals surface area contributed by atoms with Crippen molar-refractivity contribution in [3.8, 4) is 11.3 Å². The molecule has 1 heterocycles. The van der Waals surface area contributed by atoms with Crippen molar-refractivity contribution < 1.29 is 4.79 Å². The Morgan fingerprint density at radius 3 is 2.39 bits per heavy atom. The summed E-state index contributed by atoms with van der Waals surface area (Å²) in [6.45, 7) is 10.6. The SMILES string of the molecule is Cc1ccc(-c2cc(C(=O)N/N=C\c3ccc(C(C)(C)C)cc3)[nH]n2)cc1C. The average molecular weight is 374 g/mol. The lowest BCUT2D eigenvalue weighted by Gasteiger charge is -2.18. The van der Waals surface area contributed by atoms with Gasteiger partial charge in [0.15, 0.2) is 0 Å². The maximum absolute atomic E-state index is 12.3. The number of hydrazone groups is 1. The highest BCUT2D eigenvalue weighted by molar-refractivity contribution is 5.94. The van der Waals surface area contributed by atoms with Gasteiger partial charge in [-0.2, -0.15) is 10.2 Å². The van der Waals surface area contributed by atoms with E-state index in [1.165, 1.54) is 16.7 Å². The van der Waals surface area contributed by atoms with Gasteiger partial charge in [0.2, 0.25) is 0 Å². The number of nitrogens with one attached hydrogen (secondary N) is 2. The molecule has 0 spiro atoms. The van der Waals surface area contributed by atoms with Gasteiger partial charge in [-0.1, -0.05) is 57.2 Å². The number of carbonyl (C=O) groups is 1. The number of H-pyrrole nitrogens is 1. The van der Waals surface area contributed by atoms with Crippen LogP contribution in [0.1, 0.15) is 53.5 Å². The first kappa shape index (κ1) is 19.5. The van der Waals surface area contributed by atoms with Crippen LogP contribution < -0.4 is 5.43 Å². The van der Waals surface area contributed by atoms with Gasteiger partial charge in [-0.05, 0) is 53.6 Å². The normalized spacial score (nSPS) is 11.8. The Balaban J connectivity index is 1.64. The highest BCUT2D eigenvalue weighted by Gasteiger charge is 2.13. The molecule has 0 saturated heterocycles. The molecule has 0 radical (unpaired) electrons. The van der Waals surface area contributed by atoms with Gasteiger partial charge >= 0.3 is 0 Å². The summed E-state index contributed by atoms with van der Waals surface area (Å²) in [7, 11) is 0. The van der Waals surface area contributed by atoms with E-state index in [4.69, 9.17) is 0 Å². The molecular weight excluding hydrogens is 348 g/mol. The van der Waals surface area contributed by atoms with Crippen molar-refractivity contribution in [2.75, 3.05) is 0 Å². The minimum Gasteiger partial charge on any atom is -0.272 e. The first-order valence-electron chi connectivity index (χ1n) is 9.31. The molecule has 0 aliphatic rings. The lowest BCUT2D eigenvalue weighted by atomic mass is 9.87. The zero-order chi connectivity index (χ0) is 20.3. The Hall–Kier alpha value is -3.21. The number of rotatable bonds is 4. The van der Waals surface area contributed by atoms with Gasteiger partial charge in [-0.25, -0.2) is 5.43 Å². The molecule has 0 bridgehead atoms. The number of aryl methyl sites for hydroxylation is 2. The van der Waals surface area contributed by atoms with Crippen LogP contribution in [0.5, 0.6) is 0 Å². The highest BCUT2D eigenvalue weighted by Crippen LogP contribution is 2.22. The van der Waals surface area contributed by atoms with E-state index in [9.17, 15) is 4.79 Å². The molecule has 0 aliphatic heterocycles. The summed E-state index contributed by atoms with van der Waals surface area (Å²) >= 11 is 0. The van der Waals surface area contributed by atoms with Crippen molar-refractivity contribution >= 4 is 12.1 Å². The number of aromatic amines is 1. The molecule has 28 heavy (non-hydrogen) atoms. The van der Waals surface area contributed by atoms with E-state index >= 15 is 0 Å². The fourth-order valence-electron chi connectivity index (χ4n) is 2.78. The first-order chi connectivity index (χ1) is 13.2. The van der Waals surface area contributed by atoms with Crippen LogP contribution in [-0.2, 0) is 5.41 Å². The second kappa shape index (κ2) is 7.80. The minimum absolute atomic E-state index is 0.109. The van der Waals surface area contributed by atoms with Crippen LogP contribution in [0.3, 0.4) is 0 Å². The Kier molecular flexibility index (Phi) is 5.45. The number of nitrogens with zero attached hydrogens (tertiary/aromatic N) is 2. The van der Waals surface area contributed by atoms with Gasteiger partial charge in [0.25, 0.3) is 5.91 Å². The minimum atomic E-state index is -0.329. The summed E-state index contributed by atoms with van der Waals surface area (Å²) in [5, 5.41) is 11.1. The monoisotopic (exact) mass is 374 g/mol. The van der Waals surface area contributed by atoms with Crippen LogP contribution in [0, 0.1) is 13.8 Å². The van der Waals surface area contributed by atoms with Gasteiger partial charge in [0, 0.05) is 5.56 Å². The first-order valence-corrected chi connectivity index (χ1v) is 9.31. The van der Waals surface area contributed by atoms with Crippen molar-refractivity contribution in [2.45, 2.75) is 40.0 Å². The number of aromatic nitrogens is 2. The third-order valence-electron chi connectivity index (χ3n) is 4.78. The van der Waals surface area contributed by atoms with Crippen LogP contribution in [0.25, 0.3) is 11.3 Å². The summed E-state index contributed by atoms with van der Waals surface area (Å²) in [6, 6.07) is 16.0. The zero-order valence-corrected chi connectivity index (χ0v) is 17.0. The molecule has 3 rings (SSSR count). The molecule has 0 fully saturated rings. The van der Waals surface area contributed by atoms with Crippen LogP contribution in [0.4, 0.5) is 0 Å². The lowest BCUT2D eigenvalue weighted by molar-refractivity contribution is 0.0950. The molecule has 3 aromatic rings. The molecule has 0 aliphatic carbocycles. The molecule has 5 heteroatoms. The van der Waals surface area contributed by atoms with E-state index in [-0.39, 0.29) is 11.3 Å². The molecule has 0 atom stereocenters. The second-order valence-corrected chi connectivity index (χ2v) is 8.04. The van der Waals surface area contributed by atoms with E-state index in [1.807, 2.05) is 24.3 Å². The number of hydrogen-bond donors (Lipinski definition) is 2. The van der Waals surface area contributed by atoms with Crippen LogP contribution in [0.15, 0.2) is 53.6 Å². The Morgan fingerprint density at radius 1 is 1.04 bits per heavy atom.